The van der Waals surface area contributed by atoms with Crippen LogP contribution in [0.1, 0.15) is 29.0 Å². The zero-order chi connectivity index (χ0) is 25.6. The number of methoxy groups -OCH3 is 1. The van der Waals surface area contributed by atoms with E-state index >= 15 is 0 Å². The molecule has 0 spiro atoms. The Hall–Kier alpha value is -4.03. The maximum absolute atomic E-state index is 11.7. The fourth-order valence-electron chi connectivity index (χ4n) is 4.97. The van der Waals surface area contributed by atoms with Crippen LogP contribution in [0.4, 0.5) is 4.79 Å². The number of amides is 1. The highest BCUT2D eigenvalue weighted by Gasteiger charge is 2.33. The van der Waals surface area contributed by atoms with Crippen LogP contribution in [0.2, 0.25) is 0 Å². The number of nitrogens with zero attached hydrogens (tertiary/aromatic N) is 1. The Kier molecular flexibility index (Phi) is 7.57. The molecule has 4 aromatic rings. The van der Waals surface area contributed by atoms with Gasteiger partial charge in [-0.15, -0.1) is 0 Å². The van der Waals surface area contributed by atoms with Gasteiger partial charge in [0.05, 0.1) is 26.4 Å². The summed E-state index contributed by atoms with van der Waals surface area (Å²) in [5.74, 6) is 1.64. The van der Waals surface area contributed by atoms with E-state index in [2.05, 4.69) is 42.5 Å². The van der Waals surface area contributed by atoms with Gasteiger partial charge in [0.2, 0.25) is 0 Å². The number of hydrogen-bond acceptors (Lipinski definition) is 4. The van der Waals surface area contributed by atoms with Gasteiger partial charge in [0.1, 0.15) is 18.1 Å². The van der Waals surface area contributed by atoms with Crippen LogP contribution in [0.25, 0.3) is 10.8 Å². The lowest BCUT2D eigenvalue weighted by atomic mass is 9.87. The van der Waals surface area contributed by atoms with Crippen LogP contribution in [0.5, 0.6) is 11.5 Å². The van der Waals surface area contributed by atoms with Gasteiger partial charge in [0.15, 0.2) is 0 Å². The highest BCUT2D eigenvalue weighted by atomic mass is 16.5. The third-order valence-corrected chi connectivity index (χ3v) is 7.00. The summed E-state index contributed by atoms with van der Waals surface area (Å²) < 4.78 is 17.8. The second kappa shape index (κ2) is 11.4. The minimum absolute atomic E-state index is 0.0832. The summed E-state index contributed by atoms with van der Waals surface area (Å²) >= 11 is 0. The molecule has 1 aliphatic rings. The summed E-state index contributed by atoms with van der Waals surface area (Å²) in [4.78, 5) is 13.1. The largest absolute Gasteiger partial charge is 0.496 e. The molecule has 2 atom stereocenters. The van der Waals surface area contributed by atoms with Crippen molar-refractivity contribution < 1.29 is 24.1 Å². The molecule has 4 aromatic carbocycles. The molecule has 6 heteroatoms. The van der Waals surface area contributed by atoms with Crippen molar-refractivity contribution in [2.75, 3.05) is 20.2 Å². The van der Waals surface area contributed by atoms with E-state index in [4.69, 9.17) is 14.2 Å². The number of rotatable bonds is 8. The van der Waals surface area contributed by atoms with Crippen molar-refractivity contribution in [2.24, 2.45) is 0 Å². The molecule has 1 saturated heterocycles. The first-order valence-electron chi connectivity index (χ1n) is 12.5. The average Bonchev–Trinajstić information content (AvgIpc) is 2.95. The van der Waals surface area contributed by atoms with E-state index in [1.165, 1.54) is 15.7 Å². The first-order valence-corrected chi connectivity index (χ1v) is 12.5. The monoisotopic (exact) mass is 497 g/mol. The van der Waals surface area contributed by atoms with Gasteiger partial charge in [0, 0.05) is 18.0 Å². The summed E-state index contributed by atoms with van der Waals surface area (Å²) in [7, 11) is 1.64. The third kappa shape index (κ3) is 5.87. The lowest BCUT2D eigenvalue weighted by Crippen LogP contribution is -2.46. The molecular formula is C31H31NO5. The number of likely N-dealkylation sites (tertiary alicyclic amines) is 1. The summed E-state index contributed by atoms with van der Waals surface area (Å²) in [5.41, 5.74) is 3.18. The molecule has 37 heavy (non-hydrogen) atoms. The molecule has 1 aliphatic heterocycles. The number of ether oxygens (including phenoxy) is 3. The van der Waals surface area contributed by atoms with Crippen LogP contribution in [0, 0.1) is 0 Å². The molecule has 1 heterocycles. The van der Waals surface area contributed by atoms with Gasteiger partial charge in [0.25, 0.3) is 0 Å². The van der Waals surface area contributed by atoms with Crippen molar-refractivity contribution in [3.05, 3.63) is 108 Å². The van der Waals surface area contributed by atoms with Gasteiger partial charge in [-0.2, -0.15) is 0 Å². The van der Waals surface area contributed by atoms with E-state index < -0.39 is 6.09 Å². The Bertz CT molecular complexity index is 1350. The van der Waals surface area contributed by atoms with Gasteiger partial charge in [-0.1, -0.05) is 66.7 Å². The zero-order valence-corrected chi connectivity index (χ0v) is 20.9. The smallest absolute Gasteiger partial charge is 0.407 e. The molecule has 2 unspecified atom stereocenters. The molecule has 0 aromatic heterocycles. The molecular weight excluding hydrogens is 466 g/mol. The summed E-state index contributed by atoms with van der Waals surface area (Å²) in [6, 6.07) is 30.5. The fraction of sp³-hybridized carbons (Fsp3) is 0.258. The highest BCUT2D eigenvalue weighted by molar-refractivity contribution is 5.82. The predicted molar refractivity (Wildman–Crippen MR) is 143 cm³/mol. The van der Waals surface area contributed by atoms with Crippen molar-refractivity contribution in [2.45, 2.75) is 31.7 Å². The number of carbonyl (C=O) groups is 1. The number of fused-ring (bicyclic) bond motifs is 1. The van der Waals surface area contributed by atoms with E-state index in [0.717, 1.165) is 28.2 Å². The maximum Gasteiger partial charge on any atom is 0.407 e. The number of hydrogen-bond donors (Lipinski definition) is 1. The van der Waals surface area contributed by atoms with E-state index in [0.29, 0.717) is 32.7 Å². The topological polar surface area (TPSA) is 68.2 Å². The van der Waals surface area contributed by atoms with Crippen molar-refractivity contribution in [3.8, 4) is 11.5 Å². The minimum atomic E-state index is -0.915. The molecule has 6 nitrogen and oxygen atoms in total. The van der Waals surface area contributed by atoms with Crippen LogP contribution in [-0.4, -0.2) is 42.4 Å². The summed E-state index contributed by atoms with van der Waals surface area (Å²) in [6.07, 6.45) is -0.485. The Morgan fingerprint density at radius 2 is 1.68 bits per heavy atom. The molecule has 0 radical (unpaired) electrons. The van der Waals surface area contributed by atoms with Gasteiger partial charge in [-0.3, -0.25) is 0 Å². The lowest BCUT2D eigenvalue weighted by Gasteiger charge is -2.37. The van der Waals surface area contributed by atoms with Crippen molar-refractivity contribution in [1.29, 1.82) is 0 Å². The minimum Gasteiger partial charge on any atom is -0.496 e. The fourth-order valence-corrected chi connectivity index (χ4v) is 4.97. The zero-order valence-electron chi connectivity index (χ0n) is 20.9. The van der Waals surface area contributed by atoms with E-state index in [1.54, 1.807) is 7.11 Å². The van der Waals surface area contributed by atoms with E-state index in [1.807, 2.05) is 48.5 Å². The van der Waals surface area contributed by atoms with Gasteiger partial charge < -0.3 is 24.2 Å². The molecule has 1 fully saturated rings. The first-order chi connectivity index (χ1) is 18.1. The second-order valence-electron chi connectivity index (χ2n) is 9.32. The molecule has 0 aliphatic carbocycles. The number of para-hydroxylation sites is 1. The SMILES string of the molecule is COc1ccccc1COC1CN(C(=O)O)CCC1c1ccc(OCc2ccc3ccccc3c2)cc1. The van der Waals surface area contributed by atoms with Crippen LogP contribution in [0.15, 0.2) is 91.0 Å². The average molecular weight is 498 g/mol. The Balaban J connectivity index is 1.26. The van der Waals surface area contributed by atoms with Crippen LogP contribution >= 0.6 is 0 Å². The third-order valence-electron chi connectivity index (χ3n) is 7.00. The van der Waals surface area contributed by atoms with E-state index in [9.17, 15) is 9.90 Å². The number of carboxylic acid groups (broad SMARTS) is 1. The maximum atomic E-state index is 11.7. The molecule has 190 valence electrons. The predicted octanol–water partition coefficient (Wildman–Crippen LogP) is 6.48. The van der Waals surface area contributed by atoms with Crippen LogP contribution in [0.3, 0.4) is 0 Å². The first kappa shape index (κ1) is 24.7. The molecule has 1 amide bonds. The van der Waals surface area contributed by atoms with E-state index in [-0.39, 0.29) is 12.0 Å². The Labute approximate surface area is 217 Å². The summed E-state index contributed by atoms with van der Waals surface area (Å²) in [5, 5.41) is 12.0. The standard InChI is InChI=1S/C31H31NO5/c1-35-29-9-5-4-8-26(29)21-37-30-19-32(31(33)34)17-16-28(30)24-12-14-27(15-13-24)36-20-22-10-11-23-6-2-3-7-25(23)18-22/h2-15,18,28,30H,16-17,19-21H2,1H3,(H,33,34). The molecule has 0 bridgehead atoms. The number of piperidine rings is 1. The Morgan fingerprint density at radius 1 is 0.919 bits per heavy atom. The van der Waals surface area contributed by atoms with Crippen molar-refractivity contribution in [1.82, 2.24) is 4.90 Å². The number of benzene rings is 4. The molecule has 0 saturated carbocycles. The Morgan fingerprint density at radius 3 is 2.46 bits per heavy atom. The van der Waals surface area contributed by atoms with Gasteiger partial charge in [-0.25, -0.2) is 4.79 Å². The molecule has 1 N–H and O–H groups in total. The lowest BCUT2D eigenvalue weighted by molar-refractivity contribution is -0.0205. The molecule has 5 rings (SSSR count). The van der Waals surface area contributed by atoms with Crippen LogP contribution in [-0.2, 0) is 18.0 Å². The van der Waals surface area contributed by atoms with Crippen LogP contribution < -0.4 is 9.47 Å². The van der Waals surface area contributed by atoms with Crippen molar-refractivity contribution in [3.63, 3.8) is 0 Å². The highest BCUT2D eigenvalue weighted by Crippen LogP contribution is 2.33. The van der Waals surface area contributed by atoms with Gasteiger partial charge in [-0.05, 0) is 52.6 Å². The van der Waals surface area contributed by atoms with Crippen molar-refractivity contribution >= 4 is 16.9 Å². The van der Waals surface area contributed by atoms with Gasteiger partial charge >= 0.3 is 6.09 Å². The summed E-state index contributed by atoms with van der Waals surface area (Å²) in [6.45, 7) is 1.65. The second-order valence-corrected chi connectivity index (χ2v) is 9.32. The normalized spacial score (nSPS) is 17.5. The quantitative estimate of drug-likeness (QED) is 0.302.